The van der Waals surface area contributed by atoms with Crippen LogP contribution in [0.5, 0.6) is 0 Å². The molecule has 0 saturated carbocycles. The number of benzene rings is 3. The van der Waals surface area contributed by atoms with Gasteiger partial charge in [-0.25, -0.2) is 9.40 Å². The molecule has 5 heteroatoms. The minimum absolute atomic E-state index is 0.0545. The number of rotatable bonds is 6. The van der Waals surface area contributed by atoms with E-state index in [-0.39, 0.29) is 24.3 Å². The molecule has 0 spiro atoms. The van der Waals surface area contributed by atoms with Crippen molar-refractivity contribution in [3.05, 3.63) is 107 Å². The SMILES string of the molecule is Cc1ccc(C2CC(c3ccc(F)cc3)=NN2C(=O)CN(C)Cc2ccccc2)cc1. The van der Waals surface area contributed by atoms with Crippen molar-refractivity contribution in [2.75, 3.05) is 13.6 Å². The Balaban J connectivity index is 1.56. The Kier molecular flexibility index (Phi) is 6.23. The third-order valence-corrected chi connectivity index (χ3v) is 5.51. The summed E-state index contributed by atoms with van der Waals surface area (Å²) < 4.78 is 13.4. The Morgan fingerprint density at radius 1 is 1.03 bits per heavy atom. The summed E-state index contributed by atoms with van der Waals surface area (Å²) >= 11 is 0. The Bertz CT molecular complexity index is 1060. The van der Waals surface area contributed by atoms with Crippen LogP contribution in [0.4, 0.5) is 4.39 Å². The maximum atomic E-state index is 13.4. The van der Waals surface area contributed by atoms with Crippen molar-refractivity contribution in [1.82, 2.24) is 9.91 Å². The van der Waals surface area contributed by atoms with E-state index in [4.69, 9.17) is 0 Å². The van der Waals surface area contributed by atoms with E-state index in [0.717, 1.165) is 22.4 Å². The van der Waals surface area contributed by atoms with E-state index in [2.05, 4.69) is 41.5 Å². The van der Waals surface area contributed by atoms with Crippen LogP contribution in [0.25, 0.3) is 0 Å². The van der Waals surface area contributed by atoms with Crippen LogP contribution >= 0.6 is 0 Å². The third kappa shape index (κ3) is 5.06. The maximum Gasteiger partial charge on any atom is 0.257 e. The zero-order valence-corrected chi connectivity index (χ0v) is 17.8. The highest BCUT2D eigenvalue weighted by molar-refractivity contribution is 6.03. The number of likely N-dealkylation sites (N-methyl/N-ethyl adjacent to an activating group) is 1. The van der Waals surface area contributed by atoms with Crippen molar-refractivity contribution < 1.29 is 9.18 Å². The number of hydrogen-bond acceptors (Lipinski definition) is 3. The van der Waals surface area contributed by atoms with Gasteiger partial charge in [-0.15, -0.1) is 0 Å². The Morgan fingerprint density at radius 3 is 2.39 bits per heavy atom. The van der Waals surface area contributed by atoms with E-state index in [1.807, 2.05) is 37.1 Å². The van der Waals surface area contributed by atoms with Gasteiger partial charge < -0.3 is 0 Å². The lowest BCUT2D eigenvalue weighted by molar-refractivity contribution is -0.134. The van der Waals surface area contributed by atoms with Gasteiger partial charge in [0.2, 0.25) is 0 Å². The number of halogens is 1. The predicted molar refractivity (Wildman–Crippen MR) is 121 cm³/mol. The smallest absolute Gasteiger partial charge is 0.257 e. The highest BCUT2D eigenvalue weighted by Crippen LogP contribution is 2.33. The minimum atomic E-state index is -0.284. The molecule has 1 heterocycles. The summed E-state index contributed by atoms with van der Waals surface area (Å²) in [6, 6.07) is 24.4. The lowest BCUT2D eigenvalue weighted by Crippen LogP contribution is -2.36. The monoisotopic (exact) mass is 415 g/mol. The first kappa shape index (κ1) is 20.9. The predicted octanol–water partition coefficient (Wildman–Crippen LogP) is 4.94. The number of amides is 1. The van der Waals surface area contributed by atoms with E-state index >= 15 is 0 Å². The molecule has 0 saturated heterocycles. The van der Waals surface area contributed by atoms with Crippen LogP contribution in [0.2, 0.25) is 0 Å². The van der Waals surface area contributed by atoms with E-state index in [1.54, 1.807) is 17.1 Å². The molecule has 0 fully saturated rings. The molecule has 4 nitrogen and oxygen atoms in total. The number of aryl methyl sites for hydroxylation is 1. The number of nitrogens with zero attached hydrogens (tertiary/aromatic N) is 3. The minimum Gasteiger partial charge on any atom is -0.293 e. The third-order valence-electron chi connectivity index (χ3n) is 5.51. The fourth-order valence-electron chi connectivity index (χ4n) is 3.86. The maximum absolute atomic E-state index is 13.4. The Labute approximate surface area is 182 Å². The molecule has 1 aliphatic heterocycles. The zero-order valence-electron chi connectivity index (χ0n) is 17.8. The van der Waals surface area contributed by atoms with Crippen LogP contribution in [0.1, 0.15) is 34.7 Å². The fourth-order valence-corrected chi connectivity index (χ4v) is 3.86. The fraction of sp³-hybridized carbons (Fsp3) is 0.231. The number of carbonyl (C=O) groups excluding carboxylic acids is 1. The first-order valence-corrected chi connectivity index (χ1v) is 10.4. The van der Waals surface area contributed by atoms with Crippen LogP contribution in [0.3, 0.4) is 0 Å². The van der Waals surface area contributed by atoms with E-state index in [1.165, 1.54) is 17.7 Å². The molecule has 31 heavy (non-hydrogen) atoms. The van der Waals surface area contributed by atoms with Gasteiger partial charge in [0, 0.05) is 13.0 Å². The molecule has 0 N–H and O–H groups in total. The van der Waals surface area contributed by atoms with Crippen molar-refractivity contribution in [3.8, 4) is 0 Å². The summed E-state index contributed by atoms with van der Waals surface area (Å²) in [5.74, 6) is -0.339. The van der Waals surface area contributed by atoms with Crippen molar-refractivity contribution in [2.45, 2.75) is 25.9 Å². The molecular formula is C26H26FN3O. The van der Waals surface area contributed by atoms with Crippen LogP contribution in [-0.2, 0) is 11.3 Å². The highest BCUT2D eigenvalue weighted by atomic mass is 19.1. The summed E-state index contributed by atoms with van der Waals surface area (Å²) in [6.07, 6.45) is 0.600. The average molecular weight is 416 g/mol. The van der Waals surface area contributed by atoms with Crippen molar-refractivity contribution in [3.63, 3.8) is 0 Å². The summed E-state index contributed by atoms with van der Waals surface area (Å²) in [5, 5.41) is 6.28. The molecule has 1 unspecified atom stereocenters. The van der Waals surface area contributed by atoms with E-state index < -0.39 is 0 Å². The van der Waals surface area contributed by atoms with Gasteiger partial charge in [0.1, 0.15) is 5.82 Å². The van der Waals surface area contributed by atoms with Gasteiger partial charge >= 0.3 is 0 Å². The second-order valence-corrected chi connectivity index (χ2v) is 8.08. The Morgan fingerprint density at radius 2 is 1.71 bits per heavy atom. The molecule has 158 valence electrons. The molecule has 1 amide bonds. The first-order chi connectivity index (χ1) is 15.0. The molecule has 3 aromatic rings. The van der Waals surface area contributed by atoms with Crippen LogP contribution in [0.15, 0.2) is 84.0 Å². The normalized spacial score (nSPS) is 15.9. The molecule has 0 aliphatic carbocycles. The van der Waals surface area contributed by atoms with Gasteiger partial charge in [0.25, 0.3) is 5.91 Å². The standard InChI is InChI=1S/C26H26FN3O/c1-19-8-10-22(11-9-19)25-16-24(21-12-14-23(27)15-13-21)28-30(25)26(31)18-29(2)17-20-6-4-3-5-7-20/h3-15,25H,16-18H2,1-2H3. The molecule has 1 atom stereocenters. The number of carbonyl (C=O) groups is 1. The molecular weight excluding hydrogens is 389 g/mol. The van der Waals surface area contributed by atoms with Crippen LogP contribution < -0.4 is 0 Å². The summed E-state index contributed by atoms with van der Waals surface area (Å²) in [4.78, 5) is 15.2. The van der Waals surface area contributed by atoms with Gasteiger partial charge in [0.05, 0.1) is 18.3 Å². The molecule has 0 radical (unpaired) electrons. The van der Waals surface area contributed by atoms with Crippen molar-refractivity contribution in [1.29, 1.82) is 0 Å². The summed E-state index contributed by atoms with van der Waals surface area (Å²) in [7, 11) is 1.94. The number of hydrogen-bond donors (Lipinski definition) is 0. The van der Waals surface area contributed by atoms with Crippen LogP contribution in [-0.4, -0.2) is 35.1 Å². The zero-order chi connectivity index (χ0) is 21.8. The lowest BCUT2D eigenvalue weighted by Gasteiger charge is -2.25. The topological polar surface area (TPSA) is 35.9 Å². The van der Waals surface area contributed by atoms with Crippen molar-refractivity contribution >= 4 is 11.6 Å². The quantitative estimate of drug-likeness (QED) is 0.571. The number of hydrazone groups is 1. The van der Waals surface area contributed by atoms with Gasteiger partial charge in [0.15, 0.2) is 0 Å². The van der Waals surface area contributed by atoms with Gasteiger partial charge in [-0.1, -0.05) is 72.3 Å². The van der Waals surface area contributed by atoms with E-state index in [0.29, 0.717) is 13.0 Å². The molecule has 1 aliphatic rings. The van der Waals surface area contributed by atoms with Gasteiger partial charge in [-0.05, 0) is 42.8 Å². The van der Waals surface area contributed by atoms with Crippen LogP contribution in [0, 0.1) is 12.7 Å². The average Bonchev–Trinajstić information content (AvgIpc) is 3.21. The first-order valence-electron chi connectivity index (χ1n) is 10.4. The lowest BCUT2D eigenvalue weighted by atomic mass is 9.97. The van der Waals surface area contributed by atoms with Gasteiger partial charge in [-0.2, -0.15) is 5.10 Å². The van der Waals surface area contributed by atoms with E-state index in [9.17, 15) is 9.18 Å². The summed E-state index contributed by atoms with van der Waals surface area (Å²) in [5.41, 5.74) is 5.01. The highest BCUT2D eigenvalue weighted by Gasteiger charge is 2.33. The largest absolute Gasteiger partial charge is 0.293 e. The molecule has 0 bridgehead atoms. The molecule has 0 aromatic heterocycles. The molecule has 4 rings (SSSR count). The van der Waals surface area contributed by atoms with Crippen molar-refractivity contribution in [2.24, 2.45) is 5.10 Å². The Hall–Kier alpha value is -3.31. The molecule has 3 aromatic carbocycles. The summed E-state index contributed by atoms with van der Waals surface area (Å²) in [6.45, 7) is 2.99. The van der Waals surface area contributed by atoms with Gasteiger partial charge in [-0.3, -0.25) is 9.69 Å². The second-order valence-electron chi connectivity index (χ2n) is 8.08. The second kappa shape index (κ2) is 9.23.